The fraction of sp³-hybridized carbons (Fsp3) is 0.208. The lowest BCUT2D eigenvalue weighted by Crippen LogP contribution is -2.33. The molecule has 30 heavy (non-hydrogen) atoms. The molecule has 0 aliphatic heterocycles. The van der Waals surface area contributed by atoms with Gasteiger partial charge in [0.25, 0.3) is 5.56 Å². The van der Waals surface area contributed by atoms with Gasteiger partial charge in [0.2, 0.25) is 5.91 Å². The molecule has 6 heteroatoms. The molecule has 152 valence electrons. The van der Waals surface area contributed by atoms with Crippen LogP contribution in [0.2, 0.25) is 0 Å². The van der Waals surface area contributed by atoms with E-state index < -0.39 is 0 Å². The highest BCUT2D eigenvalue weighted by Gasteiger charge is 2.14. The van der Waals surface area contributed by atoms with Crippen molar-refractivity contribution in [2.75, 3.05) is 6.54 Å². The van der Waals surface area contributed by atoms with Crippen LogP contribution in [0.4, 0.5) is 0 Å². The fourth-order valence-electron chi connectivity index (χ4n) is 3.41. The molecule has 0 aliphatic rings. The van der Waals surface area contributed by atoms with Crippen molar-refractivity contribution < 1.29 is 4.79 Å². The van der Waals surface area contributed by atoms with Crippen molar-refractivity contribution in [1.82, 2.24) is 14.9 Å². The highest BCUT2D eigenvalue weighted by molar-refractivity contribution is 7.17. The molecule has 0 bridgehead atoms. The van der Waals surface area contributed by atoms with Gasteiger partial charge in [0, 0.05) is 17.5 Å². The number of hydrogen-bond acceptors (Lipinski definition) is 4. The number of nitrogens with zero attached hydrogens (tertiary/aromatic N) is 2. The van der Waals surface area contributed by atoms with Gasteiger partial charge in [-0.05, 0) is 29.5 Å². The van der Waals surface area contributed by atoms with Gasteiger partial charge >= 0.3 is 0 Å². The van der Waals surface area contributed by atoms with E-state index in [2.05, 4.69) is 29.4 Å². The Morgan fingerprint density at radius 2 is 1.83 bits per heavy atom. The van der Waals surface area contributed by atoms with Gasteiger partial charge in [0.1, 0.15) is 11.4 Å². The van der Waals surface area contributed by atoms with Crippen LogP contribution in [0.25, 0.3) is 21.3 Å². The van der Waals surface area contributed by atoms with E-state index in [-0.39, 0.29) is 18.0 Å². The molecule has 0 fully saturated rings. The molecule has 1 amide bonds. The summed E-state index contributed by atoms with van der Waals surface area (Å²) in [6.45, 7) is 2.60. The molecule has 4 rings (SSSR count). The highest BCUT2D eigenvalue weighted by Crippen LogP contribution is 2.30. The average molecular weight is 418 g/mol. The zero-order valence-corrected chi connectivity index (χ0v) is 17.6. The van der Waals surface area contributed by atoms with E-state index >= 15 is 0 Å². The molecule has 0 spiro atoms. The molecule has 4 aromatic rings. The topological polar surface area (TPSA) is 64.0 Å². The standard InChI is InChI=1S/C24H23N3O2S/c1-2-17-8-10-19(11-9-17)20-15-30-23-22(20)24(29)27(16-26-23)14-21(28)25-13-12-18-6-4-3-5-7-18/h3-11,15-16H,2,12-14H2,1H3,(H,25,28). The number of thiophene rings is 1. The quantitative estimate of drug-likeness (QED) is 0.493. The Morgan fingerprint density at radius 1 is 1.07 bits per heavy atom. The van der Waals surface area contributed by atoms with Gasteiger partial charge in [-0.3, -0.25) is 14.2 Å². The van der Waals surface area contributed by atoms with Crippen molar-refractivity contribution >= 4 is 27.5 Å². The van der Waals surface area contributed by atoms with Crippen LogP contribution in [0.5, 0.6) is 0 Å². The Balaban J connectivity index is 1.51. The van der Waals surface area contributed by atoms with E-state index in [1.807, 2.05) is 47.8 Å². The lowest BCUT2D eigenvalue weighted by atomic mass is 10.0. The number of carbonyl (C=O) groups is 1. The van der Waals surface area contributed by atoms with E-state index in [0.717, 1.165) is 29.5 Å². The Morgan fingerprint density at radius 3 is 2.57 bits per heavy atom. The summed E-state index contributed by atoms with van der Waals surface area (Å²) in [5.41, 5.74) is 4.08. The summed E-state index contributed by atoms with van der Waals surface area (Å²) >= 11 is 1.45. The van der Waals surface area contributed by atoms with Crippen molar-refractivity contribution in [2.45, 2.75) is 26.3 Å². The normalized spacial score (nSPS) is 11.0. The van der Waals surface area contributed by atoms with E-state index in [1.165, 1.54) is 27.8 Å². The summed E-state index contributed by atoms with van der Waals surface area (Å²) in [5, 5.41) is 5.42. The van der Waals surface area contributed by atoms with Gasteiger partial charge in [-0.15, -0.1) is 11.3 Å². The monoisotopic (exact) mass is 417 g/mol. The Kier molecular flexibility index (Phi) is 6.05. The number of amides is 1. The molecule has 1 N–H and O–H groups in total. The summed E-state index contributed by atoms with van der Waals surface area (Å²) in [5.74, 6) is -0.196. The average Bonchev–Trinajstić information content (AvgIpc) is 3.21. The minimum Gasteiger partial charge on any atom is -0.354 e. The SMILES string of the molecule is CCc1ccc(-c2csc3ncn(CC(=O)NCCc4ccccc4)c(=O)c23)cc1. The second-order valence-corrected chi connectivity index (χ2v) is 8.00. The second-order valence-electron chi connectivity index (χ2n) is 7.14. The number of rotatable bonds is 7. The fourth-order valence-corrected chi connectivity index (χ4v) is 4.32. The van der Waals surface area contributed by atoms with Crippen LogP contribution in [0.1, 0.15) is 18.1 Å². The van der Waals surface area contributed by atoms with Crippen LogP contribution in [0.15, 0.2) is 71.1 Å². The number of benzene rings is 2. The van der Waals surface area contributed by atoms with E-state index in [9.17, 15) is 9.59 Å². The third-order valence-electron chi connectivity index (χ3n) is 5.13. The third-order valence-corrected chi connectivity index (χ3v) is 6.01. The molecule has 0 saturated carbocycles. The largest absolute Gasteiger partial charge is 0.354 e. The van der Waals surface area contributed by atoms with Crippen molar-refractivity contribution in [3.05, 3.63) is 87.8 Å². The predicted octanol–water partition coefficient (Wildman–Crippen LogP) is 4.05. The Labute approximate surface area is 179 Å². The van der Waals surface area contributed by atoms with Crippen molar-refractivity contribution in [3.8, 4) is 11.1 Å². The van der Waals surface area contributed by atoms with Gasteiger partial charge in [0.15, 0.2) is 0 Å². The molecule has 0 radical (unpaired) electrons. The molecule has 5 nitrogen and oxygen atoms in total. The first-order valence-electron chi connectivity index (χ1n) is 10.0. The molecule has 0 saturated heterocycles. The zero-order valence-electron chi connectivity index (χ0n) is 16.8. The number of aryl methyl sites for hydroxylation is 1. The summed E-state index contributed by atoms with van der Waals surface area (Å²) in [7, 11) is 0. The molecule has 0 unspecified atom stereocenters. The van der Waals surface area contributed by atoms with Crippen LogP contribution in [0, 0.1) is 0 Å². The Hall–Kier alpha value is -3.25. The number of nitrogens with one attached hydrogen (secondary N) is 1. The van der Waals surface area contributed by atoms with Crippen LogP contribution in [-0.2, 0) is 24.2 Å². The summed E-state index contributed by atoms with van der Waals surface area (Å²) in [4.78, 5) is 30.5. The van der Waals surface area contributed by atoms with Gasteiger partial charge < -0.3 is 5.32 Å². The molecule has 2 aromatic carbocycles. The lowest BCUT2D eigenvalue weighted by molar-refractivity contribution is -0.121. The van der Waals surface area contributed by atoms with E-state index in [4.69, 9.17) is 0 Å². The lowest BCUT2D eigenvalue weighted by Gasteiger charge is -2.08. The van der Waals surface area contributed by atoms with Gasteiger partial charge in [-0.2, -0.15) is 0 Å². The zero-order chi connectivity index (χ0) is 20.9. The van der Waals surface area contributed by atoms with Crippen LogP contribution in [0.3, 0.4) is 0 Å². The van der Waals surface area contributed by atoms with E-state index in [1.54, 1.807) is 0 Å². The summed E-state index contributed by atoms with van der Waals surface area (Å²) < 4.78 is 1.39. The number of hydrogen-bond donors (Lipinski definition) is 1. The first-order chi connectivity index (χ1) is 14.7. The highest BCUT2D eigenvalue weighted by atomic mass is 32.1. The van der Waals surface area contributed by atoms with Crippen molar-refractivity contribution in [1.29, 1.82) is 0 Å². The van der Waals surface area contributed by atoms with Gasteiger partial charge in [-0.25, -0.2) is 4.98 Å². The number of fused-ring (bicyclic) bond motifs is 1. The molecule has 0 atom stereocenters. The molecular formula is C24H23N3O2S. The van der Waals surface area contributed by atoms with Crippen LogP contribution < -0.4 is 10.9 Å². The summed E-state index contributed by atoms with van der Waals surface area (Å²) in [6, 6.07) is 18.2. The molecule has 0 aliphatic carbocycles. The third kappa shape index (κ3) is 4.33. The Bertz CT molecular complexity index is 1210. The molecule has 2 aromatic heterocycles. The first-order valence-corrected chi connectivity index (χ1v) is 10.9. The van der Waals surface area contributed by atoms with Crippen molar-refractivity contribution in [3.63, 3.8) is 0 Å². The van der Waals surface area contributed by atoms with E-state index in [0.29, 0.717) is 16.8 Å². The van der Waals surface area contributed by atoms with Crippen LogP contribution >= 0.6 is 11.3 Å². The number of carbonyl (C=O) groups excluding carboxylic acids is 1. The minimum atomic E-state index is -0.196. The predicted molar refractivity (Wildman–Crippen MR) is 122 cm³/mol. The minimum absolute atomic E-state index is 0.0410. The van der Waals surface area contributed by atoms with Gasteiger partial charge in [-0.1, -0.05) is 61.5 Å². The smallest absolute Gasteiger partial charge is 0.263 e. The second kappa shape index (κ2) is 9.05. The summed E-state index contributed by atoms with van der Waals surface area (Å²) in [6.07, 6.45) is 3.18. The maximum Gasteiger partial charge on any atom is 0.263 e. The number of aromatic nitrogens is 2. The first kappa shape index (κ1) is 20.0. The van der Waals surface area contributed by atoms with Crippen molar-refractivity contribution in [2.24, 2.45) is 0 Å². The van der Waals surface area contributed by atoms with Gasteiger partial charge in [0.05, 0.1) is 11.7 Å². The van der Waals surface area contributed by atoms with Crippen LogP contribution in [-0.4, -0.2) is 22.0 Å². The maximum atomic E-state index is 13.1. The molecular weight excluding hydrogens is 394 g/mol. The molecule has 2 heterocycles. The maximum absolute atomic E-state index is 13.1.